The van der Waals surface area contributed by atoms with Crippen LogP contribution in [-0.4, -0.2) is 49.8 Å². The van der Waals surface area contributed by atoms with Crippen LogP contribution in [-0.2, 0) is 22.7 Å². The SMILES string of the molecule is CN(C)Cc1ccccc1CNC(=O)CNC(=O)CNC(=O)c1cccs1. The minimum atomic E-state index is -0.414. The molecule has 3 N–H and O–H groups in total. The van der Waals surface area contributed by atoms with E-state index in [0.717, 1.165) is 17.7 Å². The van der Waals surface area contributed by atoms with Gasteiger partial charge in [-0.2, -0.15) is 0 Å². The Bertz CT molecular complexity index is 775. The van der Waals surface area contributed by atoms with Crippen molar-refractivity contribution in [2.24, 2.45) is 0 Å². The normalized spacial score (nSPS) is 10.5. The zero-order valence-corrected chi connectivity index (χ0v) is 16.3. The first-order valence-electron chi connectivity index (χ1n) is 8.52. The van der Waals surface area contributed by atoms with Crippen LogP contribution in [0, 0.1) is 0 Å². The molecular formula is C19H24N4O3S. The van der Waals surface area contributed by atoms with Crippen LogP contribution < -0.4 is 16.0 Å². The predicted molar refractivity (Wildman–Crippen MR) is 105 cm³/mol. The van der Waals surface area contributed by atoms with Crippen LogP contribution in [0.5, 0.6) is 0 Å². The van der Waals surface area contributed by atoms with Gasteiger partial charge in [0.05, 0.1) is 18.0 Å². The first-order chi connectivity index (χ1) is 13.0. The number of nitrogens with zero attached hydrogens (tertiary/aromatic N) is 1. The standard InChI is InChI=1S/C19H24N4O3S/c1-23(2)13-15-7-4-3-6-14(15)10-20-17(24)11-21-18(25)12-22-19(26)16-8-5-9-27-16/h3-9H,10-13H2,1-2H3,(H,20,24)(H,21,25)(H,22,26). The third-order valence-corrected chi connectivity index (χ3v) is 4.55. The second-order valence-corrected chi connectivity index (χ2v) is 7.17. The number of carbonyl (C=O) groups excluding carboxylic acids is 3. The summed E-state index contributed by atoms with van der Waals surface area (Å²) in [5.41, 5.74) is 2.18. The fourth-order valence-corrected chi connectivity index (χ4v) is 3.02. The van der Waals surface area contributed by atoms with Gasteiger partial charge in [0, 0.05) is 13.1 Å². The molecule has 27 heavy (non-hydrogen) atoms. The minimum Gasteiger partial charge on any atom is -0.350 e. The van der Waals surface area contributed by atoms with Gasteiger partial charge in [0.1, 0.15) is 0 Å². The van der Waals surface area contributed by atoms with Crippen molar-refractivity contribution in [1.29, 1.82) is 0 Å². The molecule has 0 aliphatic heterocycles. The molecule has 0 atom stereocenters. The molecule has 0 fully saturated rings. The molecule has 0 unspecified atom stereocenters. The Balaban J connectivity index is 1.70. The van der Waals surface area contributed by atoms with Crippen LogP contribution in [0.15, 0.2) is 41.8 Å². The third-order valence-electron chi connectivity index (χ3n) is 3.68. The Morgan fingerprint density at radius 2 is 1.56 bits per heavy atom. The predicted octanol–water partition coefficient (Wildman–Crippen LogP) is 0.972. The molecule has 0 spiro atoms. The van der Waals surface area contributed by atoms with Crippen molar-refractivity contribution in [1.82, 2.24) is 20.9 Å². The number of amides is 3. The number of hydrogen-bond donors (Lipinski definition) is 3. The van der Waals surface area contributed by atoms with E-state index in [1.807, 2.05) is 38.4 Å². The van der Waals surface area contributed by atoms with E-state index in [1.165, 1.54) is 11.3 Å². The Morgan fingerprint density at radius 3 is 2.22 bits per heavy atom. The molecule has 8 heteroatoms. The third kappa shape index (κ3) is 7.20. The Morgan fingerprint density at radius 1 is 0.889 bits per heavy atom. The zero-order valence-electron chi connectivity index (χ0n) is 15.5. The molecule has 0 saturated heterocycles. The summed E-state index contributed by atoms with van der Waals surface area (Å²) in [5, 5.41) is 9.60. The lowest BCUT2D eigenvalue weighted by molar-refractivity contribution is -0.125. The van der Waals surface area contributed by atoms with E-state index < -0.39 is 5.91 Å². The molecule has 0 aliphatic rings. The van der Waals surface area contributed by atoms with E-state index in [1.54, 1.807) is 17.5 Å². The summed E-state index contributed by atoms with van der Waals surface area (Å²) in [6.07, 6.45) is 0. The van der Waals surface area contributed by atoms with Gasteiger partial charge in [-0.25, -0.2) is 0 Å². The molecule has 3 amide bonds. The molecule has 7 nitrogen and oxygen atoms in total. The molecule has 1 aromatic heterocycles. The lowest BCUT2D eigenvalue weighted by Crippen LogP contribution is -2.41. The van der Waals surface area contributed by atoms with Gasteiger partial charge >= 0.3 is 0 Å². The number of nitrogens with one attached hydrogen (secondary N) is 3. The molecule has 2 rings (SSSR count). The van der Waals surface area contributed by atoms with Crippen molar-refractivity contribution in [3.05, 3.63) is 57.8 Å². The first kappa shape index (κ1) is 20.6. The van der Waals surface area contributed by atoms with Crippen molar-refractivity contribution in [3.8, 4) is 0 Å². The van der Waals surface area contributed by atoms with Crippen molar-refractivity contribution in [3.63, 3.8) is 0 Å². The number of rotatable bonds is 9. The van der Waals surface area contributed by atoms with Gasteiger partial charge in [-0.05, 0) is 36.7 Å². The number of carbonyl (C=O) groups is 3. The maximum atomic E-state index is 12.0. The molecule has 2 aromatic rings. The quantitative estimate of drug-likeness (QED) is 0.597. The number of thiophene rings is 1. The summed E-state index contributed by atoms with van der Waals surface area (Å²) >= 11 is 1.30. The second-order valence-electron chi connectivity index (χ2n) is 6.22. The highest BCUT2D eigenvalue weighted by molar-refractivity contribution is 7.12. The molecule has 0 radical (unpaired) electrons. The van der Waals surface area contributed by atoms with E-state index in [2.05, 4.69) is 20.9 Å². The fourth-order valence-electron chi connectivity index (χ4n) is 2.38. The maximum Gasteiger partial charge on any atom is 0.261 e. The van der Waals surface area contributed by atoms with Crippen molar-refractivity contribution in [2.45, 2.75) is 13.1 Å². The number of hydrogen-bond acceptors (Lipinski definition) is 5. The van der Waals surface area contributed by atoms with Gasteiger partial charge in [-0.3, -0.25) is 14.4 Å². The fraction of sp³-hybridized carbons (Fsp3) is 0.316. The highest BCUT2D eigenvalue weighted by Crippen LogP contribution is 2.10. The summed E-state index contributed by atoms with van der Waals surface area (Å²) in [7, 11) is 3.98. The largest absolute Gasteiger partial charge is 0.350 e. The van der Waals surface area contributed by atoms with Crippen molar-refractivity contribution < 1.29 is 14.4 Å². The van der Waals surface area contributed by atoms with Gasteiger partial charge in [-0.15, -0.1) is 11.3 Å². The molecule has 0 saturated carbocycles. The van der Waals surface area contributed by atoms with Gasteiger partial charge in [-0.1, -0.05) is 30.3 Å². The average molecular weight is 388 g/mol. The summed E-state index contributed by atoms with van der Waals surface area (Å²) in [6.45, 7) is 0.875. The zero-order chi connectivity index (χ0) is 19.6. The van der Waals surface area contributed by atoms with Crippen LogP contribution >= 0.6 is 11.3 Å². The van der Waals surface area contributed by atoms with E-state index in [0.29, 0.717) is 11.4 Å². The highest BCUT2D eigenvalue weighted by atomic mass is 32.1. The lowest BCUT2D eigenvalue weighted by Gasteiger charge is -2.14. The minimum absolute atomic E-state index is 0.135. The topological polar surface area (TPSA) is 90.5 Å². The van der Waals surface area contributed by atoms with Crippen LogP contribution in [0.3, 0.4) is 0 Å². The summed E-state index contributed by atoms with van der Waals surface area (Å²) in [6, 6.07) is 11.3. The van der Waals surface area contributed by atoms with Gasteiger partial charge in [0.15, 0.2) is 0 Å². The molecule has 0 bridgehead atoms. The maximum absolute atomic E-state index is 12.0. The van der Waals surface area contributed by atoms with Crippen LogP contribution in [0.2, 0.25) is 0 Å². The number of benzene rings is 1. The van der Waals surface area contributed by atoms with E-state index in [-0.39, 0.29) is 24.9 Å². The van der Waals surface area contributed by atoms with E-state index >= 15 is 0 Å². The van der Waals surface area contributed by atoms with Crippen LogP contribution in [0.1, 0.15) is 20.8 Å². The monoisotopic (exact) mass is 388 g/mol. The molecular weight excluding hydrogens is 364 g/mol. The summed E-state index contributed by atoms with van der Waals surface area (Å²) in [5.74, 6) is -1.00. The van der Waals surface area contributed by atoms with Crippen LogP contribution in [0.25, 0.3) is 0 Å². The summed E-state index contributed by atoms with van der Waals surface area (Å²) < 4.78 is 0. The Kier molecular flexibility index (Phi) is 7.97. The molecule has 1 aromatic carbocycles. The van der Waals surface area contributed by atoms with Crippen molar-refractivity contribution in [2.75, 3.05) is 27.2 Å². The van der Waals surface area contributed by atoms with E-state index in [4.69, 9.17) is 0 Å². The smallest absolute Gasteiger partial charge is 0.261 e. The van der Waals surface area contributed by atoms with E-state index in [9.17, 15) is 14.4 Å². The molecule has 144 valence electrons. The molecule has 0 aliphatic carbocycles. The highest BCUT2D eigenvalue weighted by Gasteiger charge is 2.10. The Hall–Kier alpha value is -2.71. The van der Waals surface area contributed by atoms with Gasteiger partial charge in [0.25, 0.3) is 5.91 Å². The summed E-state index contributed by atoms with van der Waals surface area (Å²) in [4.78, 5) is 38.1. The second kappa shape index (κ2) is 10.4. The average Bonchev–Trinajstić information content (AvgIpc) is 3.18. The van der Waals surface area contributed by atoms with Gasteiger partial charge in [0.2, 0.25) is 11.8 Å². The molecule has 1 heterocycles. The first-order valence-corrected chi connectivity index (χ1v) is 9.40. The van der Waals surface area contributed by atoms with Crippen LogP contribution in [0.4, 0.5) is 0 Å². The Labute approximate surface area is 162 Å². The van der Waals surface area contributed by atoms with Gasteiger partial charge < -0.3 is 20.9 Å². The lowest BCUT2D eigenvalue weighted by atomic mass is 10.1. The van der Waals surface area contributed by atoms with Crippen molar-refractivity contribution >= 4 is 29.1 Å².